The lowest BCUT2D eigenvalue weighted by atomic mass is 10.1. The molecular weight excluding hydrogens is 352 g/mol. The van der Waals surface area contributed by atoms with Crippen molar-refractivity contribution in [3.05, 3.63) is 96.1 Å². The molecule has 3 aromatic carbocycles. The van der Waals surface area contributed by atoms with Gasteiger partial charge in [-0.1, -0.05) is 60.7 Å². The summed E-state index contributed by atoms with van der Waals surface area (Å²) in [7, 11) is 0. The number of ether oxygens (including phenoxy) is 1. The van der Waals surface area contributed by atoms with Gasteiger partial charge in [0.2, 0.25) is 0 Å². The Labute approximate surface area is 164 Å². The molecule has 5 heteroatoms. The van der Waals surface area contributed by atoms with Crippen LogP contribution in [-0.4, -0.2) is 11.8 Å². The van der Waals surface area contributed by atoms with Crippen molar-refractivity contribution in [2.45, 2.75) is 19.6 Å². The number of anilines is 1. The normalized spacial score (nSPS) is 11.3. The molecule has 0 radical (unpaired) electrons. The van der Waals surface area contributed by atoms with Crippen LogP contribution in [-0.2, 0) is 16.2 Å². The number of hydrogen-bond acceptors (Lipinski definition) is 3. The molecule has 1 unspecified atom stereocenters. The standard InChI is InChI=1S/C23H22N2O3/c1-17(19-10-6-3-7-11-19)24-22(26)23(27)25-20-12-14-21(15-13-20)28-16-18-8-4-2-5-9-18/h2-15,17H,16H2,1H3,(H,24,26)(H,25,27). The van der Waals surface area contributed by atoms with Crippen LogP contribution < -0.4 is 15.4 Å². The monoisotopic (exact) mass is 374 g/mol. The van der Waals surface area contributed by atoms with E-state index in [1.165, 1.54) is 0 Å². The second kappa shape index (κ2) is 9.37. The fraction of sp³-hybridized carbons (Fsp3) is 0.130. The molecule has 0 aliphatic carbocycles. The number of carbonyl (C=O) groups is 2. The lowest BCUT2D eigenvalue weighted by molar-refractivity contribution is -0.136. The minimum Gasteiger partial charge on any atom is -0.489 e. The van der Waals surface area contributed by atoms with Gasteiger partial charge in [0.15, 0.2) is 0 Å². The zero-order valence-corrected chi connectivity index (χ0v) is 15.6. The lowest BCUT2D eigenvalue weighted by Crippen LogP contribution is -2.36. The molecular formula is C23H22N2O3. The van der Waals surface area contributed by atoms with E-state index in [9.17, 15) is 9.59 Å². The van der Waals surface area contributed by atoms with Gasteiger partial charge in [-0.05, 0) is 42.3 Å². The molecule has 3 rings (SSSR count). The third-order valence-corrected chi connectivity index (χ3v) is 4.21. The molecule has 5 nitrogen and oxygen atoms in total. The van der Waals surface area contributed by atoms with E-state index in [1.54, 1.807) is 24.3 Å². The first-order chi connectivity index (χ1) is 13.6. The molecule has 0 spiro atoms. The van der Waals surface area contributed by atoms with Crippen LogP contribution in [0.1, 0.15) is 24.1 Å². The maximum absolute atomic E-state index is 12.1. The molecule has 0 aliphatic rings. The van der Waals surface area contributed by atoms with Crippen LogP contribution in [0.4, 0.5) is 5.69 Å². The maximum Gasteiger partial charge on any atom is 0.313 e. The van der Waals surface area contributed by atoms with Crippen LogP contribution in [0.15, 0.2) is 84.9 Å². The molecule has 0 aromatic heterocycles. The highest BCUT2D eigenvalue weighted by Gasteiger charge is 2.17. The summed E-state index contributed by atoms with van der Waals surface area (Å²) in [6.45, 7) is 2.30. The number of rotatable bonds is 6. The van der Waals surface area contributed by atoms with Crippen molar-refractivity contribution in [2.75, 3.05) is 5.32 Å². The second-order valence-electron chi connectivity index (χ2n) is 6.36. The average molecular weight is 374 g/mol. The van der Waals surface area contributed by atoms with Gasteiger partial charge in [-0.15, -0.1) is 0 Å². The largest absolute Gasteiger partial charge is 0.489 e. The van der Waals surface area contributed by atoms with Gasteiger partial charge in [0.1, 0.15) is 12.4 Å². The van der Waals surface area contributed by atoms with Gasteiger partial charge in [0.05, 0.1) is 6.04 Å². The van der Waals surface area contributed by atoms with E-state index in [0.717, 1.165) is 11.1 Å². The van der Waals surface area contributed by atoms with Gasteiger partial charge in [0, 0.05) is 5.69 Å². The quantitative estimate of drug-likeness (QED) is 0.639. The molecule has 142 valence electrons. The predicted octanol–water partition coefficient (Wildman–Crippen LogP) is 4.08. The van der Waals surface area contributed by atoms with E-state index < -0.39 is 11.8 Å². The van der Waals surface area contributed by atoms with Gasteiger partial charge >= 0.3 is 11.8 Å². The summed E-state index contributed by atoms with van der Waals surface area (Å²) in [4.78, 5) is 24.2. The van der Waals surface area contributed by atoms with E-state index in [4.69, 9.17) is 4.74 Å². The second-order valence-corrected chi connectivity index (χ2v) is 6.36. The van der Waals surface area contributed by atoms with E-state index in [2.05, 4.69) is 10.6 Å². The Morgan fingerprint density at radius 1 is 0.821 bits per heavy atom. The Morgan fingerprint density at radius 3 is 2.07 bits per heavy atom. The van der Waals surface area contributed by atoms with Crippen molar-refractivity contribution in [1.82, 2.24) is 5.32 Å². The summed E-state index contributed by atoms with van der Waals surface area (Å²) in [5.41, 5.74) is 2.53. The highest BCUT2D eigenvalue weighted by molar-refractivity contribution is 6.39. The van der Waals surface area contributed by atoms with Crippen LogP contribution in [0.2, 0.25) is 0 Å². The Kier molecular flexibility index (Phi) is 6.41. The molecule has 2 amide bonds. The summed E-state index contributed by atoms with van der Waals surface area (Å²) in [6, 6.07) is 26.0. The number of carbonyl (C=O) groups excluding carboxylic acids is 2. The van der Waals surface area contributed by atoms with Gasteiger partial charge in [-0.25, -0.2) is 0 Å². The first-order valence-corrected chi connectivity index (χ1v) is 9.05. The van der Waals surface area contributed by atoms with Crippen molar-refractivity contribution in [2.24, 2.45) is 0 Å². The Morgan fingerprint density at radius 2 is 1.43 bits per heavy atom. The third-order valence-electron chi connectivity index (χ3n) is 4.21. The number of amides is 2. The van der Waals surface area contributed by atoms with Crippen molar-refractivity contribution in [3.8, 4) is 5.75 Å². The van der Waals surface area contributed by atoms with Crippen molar-refractivity contribution in [3.63, 3.8) is 0 Å². The summed E-state index contributed by atoms with van der Waals surface area (Å²) in [5, 5.41) is 5.28. The molecule has 0 aliphatic heterocycles. The zero-order valence-electron chi connectivity index (χ0n) is 15.6. The number of hydrogen-bond donors (Lipinski definition) is 2. The summed E-state index contributed by atoms with van der Waals surface area (Å²) in [6.07, 6.45) is 0. The fourth-order valence-electron chi connectivity index (χ4n) is 2.65. The first-order valence-electron chi connectivity index (χ1n) is 9.05. The molecule has 0 bridgehead atoms. The lowest BCUT2D eigenvalue weighted by Gasteiger charge is -2.14. The van der Waals surface area contributed by atoms with E-state index in [1.807, 2.05) is 67.6 Å². The van der Waals surface area contributed by atoms with Gasteiger partial charge in [-0.3, -0.25) is 9.59 Å². The van der Waals surface area contributed by atoms with Crippen LogP contribution >= 0.6 is 0 Å². The SMILES string of the molecule is CC(NC(=O)C(=O)Nc1ccc(OCc2ccccc2)cc1)c1ccccc1. The average Bonchev–Trinajstić information content (AvgIpc) is 2.74. The van der Waals surface area contributed by atoms with Crippen LogP contribution in [0, 0.1) is 0 Å². The van der Waals surface area contributed by atoms with Crippen molar-refractivity contribution < 1.29 is 14.3 Å². The Hall–Kier alpha value is -3.60. The molecule has 0 saturated heterocycles. The molecule has 0 fully saturated rings. The molecule has 0 saturated carbocycles. The van der Waals surface area contributed by atoms with Crippen LogP contribution in [0.25, 0.3) is 0 Å². The fourth-order valence-corrected chi connectivity index (χ4v) is 2.65. The molecule has 1 atom stereocenters. The summed E-state index contributed by atoms with van der Waals surface area (Å²) in [5.74, 6) is -0.703. The van der Waals surface area contributed by atoms with Crippen molar-refractivity contribution in [1.29, 1.82) is 0 Å². The molecule has 0 heterocycles. The highest BCUT2D eigenvalue weighted by Crippen LogP contribution is 2.17. The topological polar surface area (TPSA) is 67.4 Å². The predicted molar refractivity (Wildman–Crippen MR) is 109 cm³/mol. The Bertz CT molecular complexity index is 910. The van der Waals surface area contributed by atoms with Crippen LogP contribution in [0.5, 0.6) is 5.75 Å². The number of nitrogens with one attached hydrogen (secondary N) is 2. The van der Waals surface area contributed by atoms with Gasteiger partial charge in [0.25, 0.3) is 0 Å². The van der Waals surface area contributed by atoms with E-state index in [0.29, 0.717) is 18.0 Å². The molecule has 2 N–H and O–H groups in total. The maximum atomic E-state index is 12.1. The van der Waals surface area contributed by atoms with Crippen molar-refractivity contribution >= 4 is 17.5 Å². The summed E-state index contributed by atoms with van der Waals surface area (Å²) < 4.78 is 5.71. The van der Waals surface area contributed by atoms with Crippen LogP contribution in [0.3, 0.4) is 0 Å². The zero-order chi connectivity index (χ0) is 19.8. The first kappa shape index (κ1) is 19.2. The minimum atomic E-state index is -0.708. The minimum absolute atomic E-state index is 0.256. The van der Waals surface area contributed by atoms with Gasteiger partial charge in [-0.2, -0.15) is 0 Å². The molecule has 3 aromatic rings. The third kappa shape index (κ3) is 5.45. The smallest absolute Gasteiger partial charge is 0.313 e. The van der Waals surface area contributed by atoms with E-state index >= 15 is 0 Å². The highest BCUT2D eigenvalue weighted by atomic mass is 16.5. The summed E-state index contributed by atoms with van der Waals surface area (Å²) >= 11 is 0. The Balaban J connectivity index is 1.50. The number of benzene rings is 3. The molecule has 28 heavy (non-hydrogen) atoms. The van der Waals surface area contributed by atoms with Gasteiger partial charge < -0.3 is 15.4 Å². The van der Waals surface area contributed by atoms with E-state index in [-0.39, 0.29) is 6.04 Å².